The first-order chi connectivity index (χ1) is 24.8. The number of hydrogen-bond acceptors (Lipinski definition) is 4. The minimum Gasteiger partial charge on any atom is -0.458 e. The van der Waals surface area contributed by atoms with Gasteiger partial charge < -0.3 is 13.9 Å². The smallest absolute Gasteiger partial charge is 0.308 e. The van der Waals surface area contributed by atoms with Gasteiger partial charge in [0.1, 0.15) is 17.2 Å². The van der Waals surface area contributed by atoms with Crippen molar-refractivity contribution in [2.45, 2.75) is 0 Å². The first-order valence-corrected chi connectivity index (χ1v) is 18.9. The van der Waals surface area contributed by atoms with Crippen molar-refractivity contribution in [1.29, 1.82) is 0 Å². The molecule has 7 heteroatoms. The van der Waals surface area contributed by atoms with Crippen LogP contribution in [0.2, 0.25) is 0 Å². The Morgan fingerprint density at radius 3 is 1.80 bits per heavy atom. The zero-order valence-corrected chi connectivity index (χ0v) is 27.8. The summed E-state index contributed by atoms with van der Waals surface area (Å²) in [6.07, 6.45) is 0. The van der Waals surface area contributed by atoms with E-state index < -0.39 is 8.07 Å². The minimum atomic E-state index is -2.89. The van der Waals surface area contributed by atoms with Crippen LogP contribution in [0.25, 0.3) is 28.0 Å². The van der Waals surface area contributed by atoms with Crippen LogP contribution in [-0.2, 0) is 0 Å². The molecule has 0 aliphatic carbocycles. The van der Waals surface area contributed by atoms with Gasteiger partial charge in [-0.15, -0.1) is 0 Å². The molecule has 2 aliphatic rings. The number of para-hydroxylation sites is 3. The largest absolute Gasteiger partial charge is 0.458 e. The molecule has 234 valence electrons. The predicted octanol–water partition coefficient (Wildman–Crippen LogP) is 5.34. The number of hydrogen-bond donors (Lipinski definition) is 0. The fourth-order valence-electron chi connectivity index (χ4n) is 8.43. The summed E-state index contributed by atoms with van der Waals surface area (Å²) in [5.74, 6) is 3.74. The molecule has 0 fully saturated rings. The normalized spacial score (nSPS) is 13.1. The second-order valence-electron chi connectivity index (χ2n) is 13.1. The van der Waals surface area contributed by atoms with Gasteiger partial charge in [0.25, 0.3) is 6.71 Å². The molecule has 9 aromatic rings. The number of nitrogens with zero attached hydrogens (tertiary/aromatic N) is 2. The highest BCUT2D eigenvalue weighted by molar-refractivity contribution is 7.20. The summed E-state index contributed by atoms with van der Waals surface area (Å²) >= 11 is 0. The molecule has 5 nitrogen and oxygen atoms in total. The lowest BCUT2D eigenvalue weighted by atomic mass is 9.35. The Kier molecular flexibility index (Phi) is 5.72. The maximum atomic E-state index is 7.11. The lowest BCUT2D eigenvalue weighted by molar-refractivity contribution is 0.462. The molecule has 0 spiro atoms. The van der Waals surface area contributed by atoms with Crippen molar-refractivity contribution in [3.63, 3.8) is 0 Å². The molecule has 0 saturated carbocycles. The number of aromatic nitrogens is 2. The van der Waals surface area contributed by atoms with Crippen molar-refractivity contribution in [3.8, 4) is 23.0 Å². The van der Waals surface area contributed by atoms with E-state index in [0.717, 1.165) is 55.9 Å². The maximum Gasteiger partial charge on any atom is 0.308 e. The molecular formula is C43H27BN2O3Si. The van der Waals surface area contributed by atoms with Gasteiger partial charge in [-0.05, 0) is 68.1 Å². The molecule has 0 bridgehead atoms. The zero-order chi connectivity index (χ0) is 32.8. The van der Waals surface area contributed by atoms with Crippen LogP contribution in [0.3, 0.4) is 0 Å². The molecule has 50 heavy (non-hydrogen) atoms. The first kappa shape index (κ1) is 27.6. The Bertz CT molecular complexity index is 2680. The zero-order valence-electron chi connectivity index (χ0n) is 26.8. The van der Waals surface area contributed by atoms with E-state index in [4.69, 9.17) is 18.9 Å². The highest BCUT2D eigenvalue weighted by atomic mass is 28.3. The molecule has 0 atom stereocenters. The molecule has 11 rings (SSSR count). The number of rotatable bonds is 4. The van der Waals surface area contributed by atoms with E-state index in [1.165, 1.54) is 20.7 Å². The van der Waals surface area contributed by atoms with Gasteiger partial charge >= 0.3 is 5.84 Å². The summed E-state index contributed by atoms with van der Waals surface area (Å²) in [6, 6.07) is 58.2. The van der Waals surface area contributed by atoms with E-state index in [9.17, 15) is 0 Å². The van der Waals surface area contributed by atoms with Gasteiger partial charge in [-0.25, -0.2) is 0 Å². The Balaban J connectivity index is 1.23. The molecule has 0 N–H and O–H groups in total. The summed E-state index contributed by atoms with van der Waals surface area (Å²) < 4.78 is 22.6. The SMILES string of the molecule is c1ccc([Si](c2ccccc2)(c2ccccc2)c2cc3c4c(c2)Oc2c(ccc5c2oc2nc6ccccc6n25)B4c2ccccc2O3)cc1. The molecule has 4 heterocycles. The highest BCUT2D eigenvalue weighted by Crippen LogP contribution is 2.39. The molecule has 0 unspecified atom stereocenters. The van der Waals surface area contributed by atoms with Crippen LogP contribution in [0, 0.1) is 0 Å². The predicted molar refractivity (Wildman–Crippen MR) is 204 cm³/mol. The quantitative estimate of drug-likeness (QED) is 0.189. The second kappa shape index (κ2) is 10.3. The molecular weight excluding hydrogens is 631 g/mol. The van der Waals surface area contributed by atoms with Crippen molar-refractivity contribution < 1.29 is 13.9 Å². The van der Waals surface area contributed by atoms with Crippen molar-refractivity contribution in [3.05, 3.63) is 164 Å². The molecule has 0 amide bonds. The summed E-state index contributed by atoms with van der Waals surface area (Å²) in [6.45, 7) is -0.0949. The van der Waals surface area contributed by atoms with E-state index >= 15 is 0 Å². The third-order valence-corrected chi connectivity index (χ3v) is 15.3. The van der Waals surface area contributed by atoms with Gasteiger partial charge in [0.05, 0.1) is 16.6 Å². The second-order valence-corrected chi connectivity index (χ2v) is 16.9. The van der Waals surface area contributed by atoms with Crippen LogP contribution in [0.15, 0.2) is 168 Å². The molecule has 7 aromatic carbocycles. The van der Waals surface area contributed by atoms with E-state index in [1.807, 2.05) is 24.3 Å². The molecule has 0 radical (unpaired) electrons. The third-order valence-electron chi connectivity index (χ3n) is 10.5. The summed E-state index contributed by atoms with van der Waals surface area (Å²) in [5.41, 5.74) is 6.71. The van der Waals surface area contributed by atoms with Crippen molar-refractivity contribution in [2.24, 2.45) is 0 Å². The van der Waals surface area contributed by atoms with Crippen LogP contribution in [0.1, 0.15) is 0 Å². The Labute approximate surface area is 289 Å². The third kappa shape index (κ3) is 3.69. The Morgan fingerprint density at radius 2 is 1.10 bits per heavy atom. The minimum absolute atomic E-state index is 0.0949. The Morgan fingerprint density at radius 1 is 0.500 bits per heavy atom. The standard InChI is InChI=1S/C43H27BN2O3Si/c1-4-14-28(15-5-1)50(29-16-6-2-7-17-29,30-18-8-3-9-19-30)31-26-38-40-39(27-31)48-41-33(44(40)32-20-10-13-23-37(32)47-38)24-25-36-42(41)49-43-45-34-21-11-12-22-35(34)46(36)43/h1-27H. The molecule has 2 aliphatic heterocycles. The number of oxazole rings is 1. The summed E-state index contributed by atoms with van der Waals surface area (Å²) in [7, 11) is -2.89. The van der Waals surface area contributed by atoms with E-state index in [0.29, 0.717) is 11.4 Å². The van der Waals surface area contributed by atoms with Crippen molar-refractivity contribution in [2.75, 3.05) is 0 Å². The fraction of sp³-hybridized carbons (Fsp3) is 0. The average molecular weight is 659 g/mol. The van der Waals surface area contributed by atoms with E-state index in [1.54, 1.807) is 0 Å². The van der Waals surface area contributed by atoms with Crippen LogP contribution in [-0.4, -0.2) is 24.2 Å². The topological polar surface area (TPSA) is 48.9 Å². The average Bonchev–Trinajstić information content (AvgIpc) is 3.73. The van der Waals surface area contributed by atoms with Crippen LogP contribution < -0.4 is 46.6 Å². The van der Waals surface area contributed by atoms with Gasteiger partial charge in [-0.1, -0.05) is 127 Å². The molecule has 0 saturated heterocycles. The number of benzene rings is 7. The van der Waals surface area contributed by atoms with Gasteiger partial charge in [-0.3, -0.25) is 4.40 Å². The van der Waals surface area contributed by atoms with E-state index in [2.05, 4.69) is 144 Å². The van der Waals surface area contributed by atoms with Gasteiger partial charge in [0.15, 0.2) is 19.4 Å². The summed E-state index contributed by atoms with van der Waals surface area (Å²) in [4.78, 5) is 4.82. The molecule has 2 aromatic heterocycles. The Hall–Kier alpha value is -6.31. The van der Waals surface area contributed by atoms with Crippen LogP contribution >= 0.6 is 0 Å². The van der Waals surface area contributed by atoms with Gasteiger partial charge in [-0.2, -0.15) is 4.98 Å². The first-order valence-electron chi connectivity index (χ1n) is 16.9. The summed E-state index contributed by atoms with van der Waals surface area (Å²) in [5, 5.41) is 5.05. The van der Waals surface area contributed by atoms with Crippen LogP contribution in [0.4, 0.5) is 0 Å². The van der Waals surface area contributed by atoms with Gasteiger partial charge in [0, 0.05) is 5.46 Å². The highest BCUT2D eigenvalue weighted by Gasteiger charge is 2.46. The number of ether oxygens (including phenoxy) is 2. The number of fused-ring (bicyclic) bond motifs is 10. The monoisotopic (exact) mass is 658 g/mol. The number of imidazole rings is 1. The fourth-order valence-corrected chi connectivity index (χ4v) is 13.2. The van der Waals surface area contributed by atoms with Crippen LogP contribution in [0.5, 0.6) is 23.0 Å². The lowest BCUT2D eigenvalue weighted by Gasteiger charge is -2.38. The maximum absolute atomic E-state index is 7.11. The lowest BCUT2D eigenvalue weighted by Crippen LogP contribution is -2.75. The van der Waals surface area contributed by atoms with Crippen molar-refractivity contribution in [1.82, 2.24) is 9.38 Å². The van der Waals surface area contributed by atoms with Gasteiger partial charge in [0.2, 0.25) is 0 Å². The van der Waals surface area contributed by atoms with Crippen molar-refractivity contribution >= 4 is 79.9 Å². The van der Waals surface area contributed by atoms with E-state index in [-0.39, 0.29) is 6.71 Å².